The highest BCUT2D eigenvalue weighted by atomic mass is 32.1. The van der Waals surface area contributed by atoms with Gasteiger partial charge in [0, 0.05) is 25.8 Å². The van der Waals surface area contributed by atoms with E-state index in [4.69, 9.17) is 5.73 Å². The number of nitrogens with two attached hydrogens (primary N) is 1. The van der Waals surface area contributed by atoms with E-state index in [1.165, 1.54) is 24.2 Å². The number of rotatable bonds is 4. The van der Waals surface area contributed by atoms with E-state index in [-0.39, 0.29) is 5.91 Å². The predicted octanol–water partition coefficient (Wildman–Crippen LogP) is 2.87. The minimum atomic E-state index is -0.0789. The number of fused-ring (bicyclic) bond motifs is 1. The normalized spacial score (nSPS) is 14.4. The van der Waals surface area contributed by atoms with E-state index in [0.29, 0.717) is 17.2 Å². The number of hydrogen-bond acceptors (Lipinski definition) is 7. The fourth-order valence-electron chi connectivity index (χ4n) is 2.69. The molecule has 1 saturated heterocycles. The van der Waals surface area contributed by atoms with E-state index in [9.17, 15) is 4.79 Å². The van der Waals surface area contributed by atoms with Crippen molar-refractivity contribution >= 4 is 49.1 Å². The number of thiazole rings is 1. The van der Waals surface area contributed by atoms with Crippen LogP contribution >= 0.6 is 22.7 Å². The molecule has 6 nitrogen and oxygen atoms in total. The van der Waals surface area contributed by atoms with E-state index in [1.807, 2.05) is 12.1 Å². The Balaban J connectivity index is 1.44. The van der Waals surface area contributed by atoms with Crippen molar-refractivity contribution in [1.29, 1.82) is 0 Å². The van der Waals surface area contributed by atoms with Crippen LogP contribution in [0.2, 0.25) is 0 Å². The van der Waals surface area contributed by atoms with Gasteiger partial charge in [-0.25, -0.2) is 9.97 Å². The molecule has 124 valence electrons. The first-order valence-electron chi connectivity index (χ1n) is 7.83. The maximum absolute atomic E-state index is 12.3. The lowest BCUT2D eigenvalue weighted by Crippen LogP contribution is -2.21. The summed E-state index contributed by atoms with van der Waals surface area (Å²) < 4.78 is 1.08. The van der Waals surface area contributed by atoms with Gasteiger partial charge in [-0.15, -0.1) is 11.3 Å². The number of nitrogens with zero attached hydrogens (tertiary/aromatic N) is 3. The quantitative estimate of drug-likeness (QED) is 0.748. The largest absolute Gasteiger partial charge is 0.384 e. The SMILES string of the molecule is Nc1ccc(CNC(=O)c2cc3sc(N4CCCC4)nc3s2)cn1. The van der Waals surface area contributed by atoms with Crippen molar-refractivity contribution in [3.8, 4) is 0 Å². The zero-order valence-corrected chi connectivity index (χ0v) is 14.6. The number of nitrogens with one attached hydrogen (secondary N) is 1. The Kier molecular flexibility index (Phi) is 4.07. The van der Waals surface area contributed by atoms with E-state index in [0.717, 1.165) is 33.3 Å². The van der Waals surface area contributed by atoms with Crippen molar-refractivity contribution in [2.45, 2.75) is 19.4 Å². The van der Waals surface area contributed by atoms with Crippen LogP contribution in [0.1, 0.15) is 28.1 Å². The molecule has 1 aliphatic heterocycles. The number of amides is 1. The number of hydrogen-bond donors (Lipinski definition) is 2. The Morgan fingerprint density at radius 3 is 2.83 bits per heavy atom. The fraction of sp³-hybridized carbons (Fsp3) is 0.312. The van der Waals surface area contributed by atoms with Gasteiger partial charge in [0.05, 0.1) is 9.58 Å². The third-order valence-electron chi connectivity index (χ3n) is 3.98. The van der Waals surface area contributed by atoms with Gasteiger partial charge in [-0.2, -0.15) is 0 Å². The number of aromatic nitrogens is 2. The highest BCUT2D eigenvalue weighted by Gasteiger charge is 2.19. The smallest absolute Gasteiger partial charge is 0.261 e. The Labute approximate surface area is 147 Å². The van der Waals surface area contributed by atoms with Crippen LogP contribution in [-0.4, -0.2) is 29.0 Å². The number of carbonyl (C=O) groups excluding carboxylic acids is 1. The van der Waals surface area contributed by atoms with Gasteiger partial charge in [-0.05, 0) is 30.5 Å². The lowest BCUT2D eigenvalue weighted by atomic mass is 10.3. The van der Waals surface area contributed by atoms with Gasteiger partial charge in [0.1, 0.15) is 10.6 Å². The maximum atomic E-state index is 12.3. The van der Waals surface area contributed by atoms with Gasteiger partial charge in [0.25, 0.3) is 5.91 Å². The van der Waals surface area contributed by atoms with Crippen molar-refractivity contribution in [1.82, 2.24) is 15.3 Å². The molecule has 0 atom stereocenters. The molecule has 0 saturated carbocycles. The Bertz CT molecular complexity index is 833. The minimum Gasteiger partial charge on any atom is -0.384 e. The molecule has 0 unspecified atom stereocenters. The lowest BCUT2D eigenvalue weighted by molar-refractivity contribution is 0.0955. The highest BCUT2D eigenvalue weighted by Crippen LogP contribution is 2.35. The van der Waals surface area contributed by atoms with Gasteiger partial charge in [0.15, 0.2) is 5.13 Å². The summed E-state index contributed by atoms with van der Waals surface area (Å²) in [4.78, 5) is 25.0. The first-order valence-corrected chi connectivity index (χ1v) is 9.46. The van der Waals surface area contributed by atoms with E-state index >= 15 is 0 Å². The molecule has 0 radical (unpaired) electrons. The summed E-state index contributed by atoms with van der Waals surface area (Å²) in [7, 11) is 0. The highest BCUT2D eigenvalue weighted by molar-refractivity contribution is 7.29. The van der Waals surface area contributed by atoms with Gasteiger partial charge in [0.2, 0.25) is 0 Å². The molecule has 0 aliphatic carbocycles. The predicted molar refractivity (Wildman–Crippen MR) is 98.8 cm³/mol. The molecular formula is C16H17N5OS2. The molecule has 8 heteroatoms. The van der Waals surface area contributed by atoms with Gasteiger partial charge in [-0.3, -0.25) is 4.79 Å². The Morgan fingerprint density at radius 1 is 1.29 bits per heavy atom. The zero-order chi connectivity index (χ0) is 16.5. The first-order chi connectivity index (χ1) is 11.7. The molecular weight excluding hydrogens is 342 g/mol. The van der Waals surface area contributed by atoms with Gasteiger partial charge < -0.3 is 16.0 Å². The second kappa shape index (κ2) is 6.37. The summed E-state index contributed by atoms with van der Waals surface area (Å²) in [6.45, 7) is 2.61. The van der Waals surface area contributed by atoms with Crippen molar-refractivity contribution in [2.24, 2.45) is 0 Å². The molecule has 0 aromatic carbocycles. The van der Waals surface area contributed by atoms with Crippen LogP contribution in [0.4, 0.5) is 10.9 Å². The minimum absolute atomic E-state index is 0.0789. The molecule has 1 amide bonds. The molecule has 3 aromatic rings. The Hall–Kier alpha value is -2.19. The van der Waals surface area contributed by atoms with Crippen LogP contribution < -0.4 is 16.0 Å². The summed E-state index contributed by atoms with van der Waals surface area (Å²) in [6.07, 6.45) is 4.15. The molecule has 3 N–H and O–H groups in total. The fourth-order valence-corrected chi connectivity index (χ4v) is 4.87. The van der Waals surface area contributed by atoms with Crippen molar-refractivity contribution in [2.75, 3.05) is 23.7 Å². The van der Waals surface area contributed by atoms with Crippen LogP contribution in [-0.2, 0) is 6.54 Å². The van der Waals surface area contributed by atoms with Crippen LogP contribution in [0, 0.1) is 0 Å². The van der Waals surface area contributed by atoms with Gasteiger partial charge >= 0.3 is 0 Å². The molecule has 4 heterocycles. The standard InChI is InChI=1S/C16H17N5OS2/c17-13-4-3-10(8-18-13)9-19-14(22)11-7-12-15(23-11)20-16(24-12)21-5-1-2-6-21/h3-4,7-8H,1-2,5-6,9H2,(H2,17,18)(H,19,22). The first kappa shape index (κ1) is 15.3. The number of nitrogen functional groups attached to an aromatic ring is 1. The summed E-state index contributed by atoms with van der Waals surface area (Å²) >= 11 is 3.12. The summed E-state index contributed by atoms with van der Waals surface area (Å²) in [5.74, 6) is 0.396. The monoisotopic (exact) mass is 359 g/mol. The van der Waals surface area contributed by atoms with Crippen LogP contribution in [0.25, 0.3) is 9.53 Å². The van der Waals surface area contributed by atoms with E-state index < -0.39 is 0 Å². The topological polar surface area (TPSA) is 84.1 Å². The number of carbonyl (C=O) groups is 1. The molecule has 0 spiro atoms. The maximum Gasteiger partial charge on any atom is 0.261 e. The van der Waals surface area contributed by atoms with Crippen molar-refractivity contribution in [3.63, 3.8) is 0 Å². The molecule has 0 bridgehead atoms. The van der Waals surface area contributed by atoms with E-state index in [1.54, 1.807) is 23.6 Å². The molecule has 4 rings (SSSR count). The van der Waals surface area contributed by atoms with Crippen LogP contribution in [0.15, 0.2) is 24.4 Å². The molecule has 1 aliphatic rings. The number of thiophene rings is 1. The third-order valence-corrected chi connectivity index (χ3v) is 6.20. The average Bonchev–Trinajstić information content (AvgIpc) is 3.28. The zero-order valence-electron chi connectivity index (χ0n) is 13.0. The molecule has 3 aromatic heterocycles. The molecule has 1 fully saturated rings. The van der Waals surface area contributed by atoms with Crippen molar-refractivity contribution in [3.05, 3.63) is 34.8 Å². The summed E-state index contributed by atoms with van der Waals surface area (Å²) in [5, 5.41) is 3.99. The van der Waals surface area contributed by atoms with Crippen LogP contribution in [0.3, 0.4) is 0 Å². The second-order valence-electron chi connectivity index (χ2n) is 5.74. The summed E-state index contributed by atoms with van der Waals surface area (Å²) in [5.41, 5.74) is 6.48. The average molecular weight is 359 g/mol. The van der Waals surface area contributed by atoms with Crippen molar-refractivity contribution < 1.29 is 4.79 Å². The molecule has 24 heavy (non-hydrogen) atoms. The Morgan fingerprint density at radius 2 is 2.12 bits per heavy atom. The third kappa shape index (κ3) is 3.07. The van der Waals surface area contributed by atoms with Crippen LogP contribution in [0.5, 0.6) is 0 Å². The lowest BCUT2D eigenvalue weighted by Gasteiger charge is -2.11. The van der Waals surface area contributed by atoms with Gasteiger partial charge in [-0.1, -0.05) is 17.4 Å². The second-order valence-corrected chi connectivity index (χ2v) is 7.78. The number of pyridine rings is 1. The van der Waals surface area contributed by atoms with E-state index in [2.05, 4.69) is 20.2 Å². The summed E-state index contributed by atoms with van der Waals surface area (Å²) in [6, 6.07) is 5.53. The number of anilines is 2.